The Hall–Kier alpha value is -1.51. The third-order valence-corrected chi connectivity index (χ3v) is 3.86. The number of hydrogen-bond donors (Lipinski definition) is 2. The van der Waals surface area contributed by atoms with Crippen molar-refractivity contribution in [1.82, 2.24) is 10.3 Å². The molecule has 22 heavy (non-hydrogen) atoms. The summed E-state index contributed by atoms with van der Waals surface area (Å²) in [6, 6.07) is 0. The van der Waals surface area contributed by atoms with Crippen LogP contribution in [0.15, 0.2) is 5.38 Å². The third kappa shape index (κ3) is 5.70. The van der Waals surface area contributed by atoms with E-state index in [4.69, 9.17) is 9.47 Å². The van der Waals surface area contributed by atoms with Crippen LogP contribution in [0.5, 0.6) is 0 Å². The summed E-state index contributed by atoms with van der Waals surface area (Å²) in [5, 5.41) is 7.37. The van der Waals surface area contributed by atoms with E-state index in [2.05, 4.69) is 15.6 Å². The number of anilines is 1. The SMILES string of the molecule is CC(=O)Nc1nc(C(=O)NCCCOCC2CCCO2)cs1. The van der Waals surface area contributed by atoms with Crippen LogP contribution in [0.4, 0.5) is 5.13 Å². The largest absolute Gasteiger partial charge is 0.379 e. The molecule has 8 heteroatoms. The molecule has 2 heterocycles. The van der Waals surface area contributed by atoms with Crippen molar-refractivity contribution < 1.29 is 19.1 Å². The van der Waals surface area contributed by atoms with Crippen LogP contribution in [-0.4, -0.2) is 49.3 Å². The Bertz CT molecular complexity index is 500. The van der Waals surface area contributed by atoms with Gasteiger partial charge < -0.3 is 20.1 Å². The van der Waals surface area contributed by atoms with Crippen LogP contribution in [0.3, 0.4) is 0 Å². The minimum absolute atomic E-state index is 0.204. The maximum Gasteiger partial charge on any atom is 0.270 e. The molecule has 0 radical (unpaired) electrons. The molecule has 1 unspecified atom stereocenters. The van der Waals surface area contributed by atoms with Crippen LogP contribution < -0.4 is 10.6 Å². The van der Waals surface area contributed by atoms with E-state index in [0.29, 0.717) is 30.6 Å². The molecule has 2 amide bonds. The van der Waals surface area contributed by atoms with Gasteiger partial charge in [0.05, 0.1) is 12.7 Å². The normalized spacial score (nSPS) is 17.4. The molecule has 2 N–H and O–H groups in total. The van der Waals surface area contributed by atoms with Gasteiger partial charge in [-0.05, 0) is 19.3 Å². The Morgan fingerprint density at radius 3 is 3.14 bits per heavy atom. The highest BCUT2D eigenvalue weighted by Crippen LogP contribution is 2.15. The average molecular weight is 327 g/mol. The van der Waals surface area contributed by atoms with Gasteiger partial charge in [0.15, 0.2) is 5.13 Å². The fourth-order valence-corrected chi connectivity index (χ4v) is 2.78. The van der Waals surface area contributed by atoms with Crippen molar-refractivity contribution in [3.8, 4) is 0 Å². The predicted molar refractivity (Wildman–Crippen MR) is 83.2 cm³/mol. The molecule has 0 spiro atoms. The fraction of sp³-hybridized carbons (Fsp3) is 0.643. The summed E-state index contributed by atoms with van der Waals surface area (Å²) in [6.07, 6.45) is 3.15. The Kier molecular flexibility index (Phi) is 6.75. The molecule has 0 aromatic carbocycles. The van der Waals surface area contributed by atoms with E-state index < -0.39 is 0 Å². The van der Waals surface area contributed by atoms with Crippen LogP contribution in [0, 0.1) is 0 Å². The first-order valence-electron chi connectivity index (χ1n) is 7.36. The van der Waals surface area contributed by atoms with Crippen LogP contribution in [0.1, 0.15) is 36.7 Å². The lowest BCUT2D eigenvalue weighted by molar-refractivity contribution is -0.114. The van der Waals surface area contributed by atoms with E-state index in [1.54, 1.807) is 5.38 Å². The van der Waals surface area contributed by atoms with E-state index in [0.717, 1.165) is 25.9 Å². The first-order chi connectivity index (χ1) is 10.6. The van der Waals surface area contributed by atoms with Gasteiger partial charge in [-0.2, -0.15) is 0 Å². The predicted octanol–water partition coefficient (Wildman–Crippen LogP) is 1.42. The van der Waals surface area contributed by atoms with E-state index >= 15 is 0 Å². The second-order valence-electron chi connectivity index (χ2n) is 5.04. The number of aromatic nitrogens is 1. The van der Waals surface area contributed by atoms with Crippen molar-refractivity contribution in [2.75, 3.05) is 31.7 Å². The van der Waals surface area contributed by atoms with Crippen LogP contribution in [0.2, 0.25) is 0 Å². The molecular formula is C14H21N3O4S. The summed E-state index contributed by atoms with van der Waals surface area (Å²) in [7, 11) is 0. The molecule has 1 aliphatic rings. The number of carbonyl (C=O) groups excluding carboxylic acids is 2. The standard InChI is InChI=1S/C14H21N3O4S/c1-10(18)16-14-17-12(9-22-14)13(19)15-5-3-6-20-8-11-4-2-7-21-11/h9,11H,2-8H2,1H3,(H,15,19)(H,16,17,18). The number of ether oxygens (including phenoxy) is 2. The minimum atomic E-state index is -0.244. The van der Waals surface area contributed by atoms with Gasteiger partial charge >= 0.3 is 0 Å². The van der Waals surface area contributed by atoms with Gasteiger partial charge in [-0.15, -0.1) is 11.3 Å². The molecule has 0 aliphatic carbocycles. The van der Waals surface area contributed by atoms with Gasteiger partial charge in [-0.3, -0.25) is 9.59 Å². The lowest BCUT2D eigenvalue weighted by atomic mass is 10.2. The summed E-state index contributed by atoms with van der Waals surface area (Å²) in [6.45, 7) is 3.97. The molecule has 7 nitrogen and oxygen atoms in total. The van der Waals surface area contributed by atoms with Gasteiger partial charge in [0, 0.05) is 32.1 Å². The smallest absolute Gasteiger partial charge is 0.270 e. The number of hydrogen-bond acceptors (Lipinski definition) is 6. The van der Waals surface area contributed by atoms with E-state index in [9.17, 15) is 9.59 Å². The number of rotatable bonds is 8. The van der Waals surface area contributed by atoms with Gasteiger partial charge in [0.2, 0.25) is 5.91 Å². The molecule has 2 rings (SSSR count). The Balaban J connectivity index is 1.57. The minimum Gasteiger partial charge on any atom is -0.379 e. The number of nitrogens with zero attached hydrogens (tertiary/aromatic N) is 1. The molecule has 122 valence electrons. The van der Waals surface area contributed by atoms with E-state index in [1.165, 1.54) is 18.3 Å². The summed E-state index contributed by atoms with van der Waals surface area (Å²) < 4.78 is 11.0. The van der Waals surface area contributed by atoms with Crippen molar-refractivity contribution >= 4 is 28.3 Å². The quantitative estimate of drug-likeness (QED) is 0.705. The van der Waals surface area contributed by atoms with Gasteiger partial charge in [-0.25, -0.2) is 4.98 Å². The molecule has 0 bridgehead atoms. The number of carbonyl (C=O) groups is 2. The van der Waals surface area contributed by atoms with Crippen molar-refractivity contribution in [3.05, 3.63) is 11.1 Å². The second-order valence-corrected chi connectivity index (χ2v) is 5.90. The summed E-state index contributed by atoms with van der Waals surface area (Å²) in [5.41, 5.74) is 0.314. The Labute approximate surface area is 133 Å². The van der Waals surface area contributed by atoms with Crippen molar-refractivity contribution in [2.45, 2.75) is 32.3 Å². The maximum atomic E-state index is 11.8. The highest BCUT2D eigenvalue weighted by atomic mass is 32.1. The monoisotopic (exact) mass is 327 g/mol. The average Bonchev–Trinajstić information content (AvgIpc) is 3.13. The van der Waals surface area contributed by atoms with Gasteiger partial charge in [0.1, 0.15) is 5.69 Å². The fourth-order valence-electron chi connectivity index (χ4n) is 2.04. The first-order valence-corrected chi connectivity index (χ1v) is 8.24. The van der Waals surface area contributed by atoms with E-state index in [-0.39, 0.29) is 17.9 Å². The zero-order valence-electron chi connectivity index (χ0n) is 12.6. The van der Waals surface area contributed by atoms with E-state index in [1.807, 2.05) is 0 Å². The molecule has 1 atom stereocenters. The second kappa shape index (κ2) is 8.82. The number of nitrogens with one attached hydrogen (secondary N) is 2. The van der Waals surface area contributed by atoms with Gasteiger partial charge in [-0.1, -0.05) is 0 Å². The Morgan fingerprint density at radius 2 is 2.41 bits per heavy atom. The molecule has 0 saturated carbocycles. The topological polar surface area (TPSA) is 89.6 Å². The summed E-state index contributed by atoms with van der Waals surface area (Å²) >= 11 is 1.23. The lowest BCUT2D eigenvalue weighted by Crippen LogP contribution is -2.26. The molecule has 1 aromatic heterocycles. The van der Waals surface area contributed by atoms with Crippen molar-refractivity contribution in [2.24, 2.45) is 0 Å². The lowest BCUT2D eigenvalue weighted by Gasteiger charge is -2.10. The third-order valence-electron chi connectivity index (χ3n) is 3.10. The highest BCUT2D eigenvalue weighted by molar-refractivity contribution is 7.14. The zero-order valence-corrected chi connectivity index (χ0v) is 13.4. The molecule has 1 saturated heterocycles. The van der Waals surface area contributed by atoms with Crippen LogP contribution >= 0.6 is 11.3 Å². The van der Waals surface area contributed by atoms with Crippen LogP contribution in [0.25, 0.3) is 0 Å². The summed E-state index contributed by atoms with van der Waals surface area (Å²) in [4.78, 5) is 26.8. The zero-order chi connectivity index (χ0) is 15.8. The molecule has 1 aromatic rings. The number of amides is 2. The molecule has 1 fully saturated rings. The Morgan fingerprint density at radius 1 is 1.55 bits per heavy atom. The van der Waals surface area contributed by atoms with Gasteiger partial charge in [0.25, 0.3) is 5.91 Å². The molecular weight excluding hydrogens is 306 g/mol. The number of thiazole rings is 1. The van der Waals surface area contributed by atoms with Crippen molar-refractivity contribution in [3.63, 3.8) is 0 Å². The first kappa shape index (κ1) is 16.9. The summed E-state index contributed by atoms with van der Waals surface area (Å²) in [5.74, 6) is -0.448. The molecule has 1 aliphatic heterocycles. The maximum absolute atomic E-state index is 11.8. The highest BCUT2D eigenvalue weighted by Gasteiger charge is 2.15. The van der Waals surface area contributed by atoms with Crippen molar-refractivity contribution in [1.29, 1.82) is 0 Å². The van der Waals surface area contributed by atoms with Crippen LogP contribution in [-0.2, 0) is 14.3 Å².